The van der Waals surface area contributed by atoms with Gasteiger partial charge in [0.15, 0.2) is 0 Å². The number of esters is 1. The van der Waals surface area contributed by atoms with Crippen LogP contribution in [0.15, 0.2) is 83.8 Å². The SMILES string of the molecule is CCOC(=O)c1sc(NC(=O)c2ccc(S(=O)(=O)N(CC)c3ccccc3)cc2)c(-c2nc3ccccc3s2)c1C. The molecule has 1 N–H and O–H groups in total. The van der Waals surface area contributed by atoms with Gasteiger partial charge in [0.05, 0.1) is 27.4 Å². The fraction of sp³-hybridized carbons (Fsp3) is 0.167. The molecule has 8 nitrogen and oxygen atoms in total. The van der Waals surface area contributed by atoms with Crippen molar-refractivity contribution in [3.8, 4) is 10.6 Å². The van der Waals surface area contributed by atoms with Crippen LogP contribution in [-0.4, -0.2) is 38.4 Å². The molecule has 5 rings (SSSR count). The lowest BCUT2D eigenvalue weighted by Gasteiger charge is -2.23. The molecule has 41 heavy (non-hydrogen) atoms. The molecule has 0 aliphatic heterocycles. The van der Waals surface area contributed by atoms with Gasteiger partial charge in [-0.15, -0.1) is 22.7 Å². The highest BCUT2D eigenvalue weighted by Crippen LogP contribution is 2.43. The first-order valence-electron chi connectivity index (χ1n) is 12.9. The molecule has 210 valence electrons. The molecule has 0 aliphatic carbocycles. The Kier molecular flexibility index (Phi) is 8.20. The molecule has 0 unspecified atom stereocenters. The van der Waals surface area contributed by atoms with E-state index in [1.54, 1.807) is 38.1 Å². The largest absolute Gasteiger partial charge is 0.462 e. The van der Waals surface area contributed by atoms with E-state index in [4.69, 9.17) is 9.72 Å². The van der Waals surface area contributed by atoms with Crippen LogP contribution in [-0.2, 0) is 14.8 Å². The number of benzene rings is 3. The number of thiazole rings is 1. The van der Waals surface area contributed by atoms with Gasteiger partial charge in [0.25, 0.3) is 15.9 Å². The average Bonchev–Trinajstić information content (AvgIpc) is 3.54. The van der Waals surface area contributed by atoms with Crippen molar-refractivity contribution in [3.63, 3.8) is 0 Å². The van der Waals surface area contributed by atoms with Crippen LogP contribution in [0.4, 0.5) is 10.7 Å². The minimum Gasteiger partial charge on any atom is -0.462 e. The number of sulfonamides is 1. The lowest BCUT2D eigenvalue weighted by molar-refractivity contribution is 0.0531. The number of hydrogen-bond acceptors (Lipinski definition) is 8. The number of ether oxygens (including phenoxy) is 1. The van der Waals surface area contributed by atoms with Gasteiger partial charge in [-0.2, -0.15) is 0 Å². The maximum Gasteiger partial charge on any atom is 0.348 e. The fourth-order valence-corrected chi connectivity index (χ4v) is 8.11. The maximum absolute atomic E-state index is 13.4. The summed E-state index contributed by atoms with van der Waals surface area (Å²) >= 11 is 2.60. The highest BCUT2D eigenvalue weighted by atomic mass is 32.2. The van der Waals surface area contributed by atoms with Gasteiger partial charge in [-0.1, -0.05) is 30.3 Å². The normalized spacial score (nSPS) is 11.4. The number of anilines is 2. The Hall–Kier alpha value is -4.06. The summed E-state index contributed by atoms with van der Waals surface area (Å²) in [5, 5.41) is 4.06. The van der Waals surface area contributed by atoms with Crippen LogP contribution in [0.2, 0.25) is 0 Å². The quantitative estimate of drug-likeness (QED) is 0.182. The second-order valence-corrected chi connectivity index (χ2v) is 12.9. The summed E-state index contributed by atoms with van der Waals surface area (Å²) in [5.74, 6) is -0.908. The van der Waals surface area contributed by atoms with Crippen molar-refractivity contribution >= 4 is 65.5 Å². The molecule has 0 atom stereocenters. The van der Waals surface area contributed by atoms with Gasteiger partial charge in [0.1, 0.15) is 14.9 Å². The van der Waals surface area contributed by atoms with E-state index >= 15 is 0 Å². The molecule has 2 aromatic heterocycles. The topological polar surface area (TPSA) is 106 Å². The van der Waals surface area contributed by atoms with E-state index in [9.17, 15) is 18.0 Å². The number of nitrogens with zero attached hydrogens (tertiary/aromatic N) is 2. The monoisotopic (exact) mass is 605 g/mol. The Morgan fingerprint density at radius 1 is 0.927 bits per heavy atom. The second kappa shape index (κ2) is 11.8. The van der Waals surface area contributed by atoms with Crippen LogP contribution in [0.3, 0.4) is 0 Å². The standard InChI is InChI=1S/C30H27N3O5S3/c1-4-33(21-11-7-6-8-12-21)41(36,37)22-17-15-20(16-18-22)27(34)32-29-25(19(3)26(40-29)30(35)38-5-2)28-31-23-13-9-10-14-24(23)39-28/h6-18H,4-5H2,1-3H3,(H,32,34). The molecule has 0 radical (unpaired) electrons. The third-order valence-corrected chi connectivity index (χ3v) is 10.5. The number of amides is 1. The van der Waals surface area contributed by atoms with Crippen molar-refractivity contribution in [2.45, 2.75) is 25.7 Å². The fourth-order valence-electron chi connectivity index (χ4n) is 4.40. The zero-order valence-corrected chi connectivity index (χ0v) is 25.0. The molecule has 11 heteroatoms. The molecule has 0 spiro atoms. The molecule has 2 heterocycles. The van der Waals surface area contributed by atoms with E-state index in [0.29, 0.717) is 31.7 Å². The molecule has 0 aliphatic rings. The summed E-state index contributed by atoms with van der Waals surface area (Å²) in [6.45, 7) is 5.79. The number of aromatic nitrogens is 1. The van der Waals surface area contributed by atoms with Crippen molar-refractivity contribution in [3.05, 3.63) is 94.9 Å². The summed E-state index contributed by atoms with van der Waals surface area (Å²) in [5.41, 5.74) is 2.98. The van der Waals surface area contributed by atoms with E-state index < -0.39 is 21.9 Å². The lowest BCUT2D eigenvalue weighted by Crippen LogP contribution is -2.30. The van der Waals surface area contributed by atoms with Gasteiger partial charge in [0, 0.05) is 17.7 Å². The van der Waals surface area contributed by atoms with E-state index in [1.807, 2.05) is 37.3 Å². The molecule has 0 saturated carbocycles. The molecule has 0 saturated heterocycles. The van der Waals surface area contributed by atoms with Crippen molar-refractivity contribution in [1.82, 2.24) is 4.98 Å². The third kappa shape index (κ3) is 5.61. The molecule has 0 bridgehead atoms. The highest BCUT2D eigenvalue weighted by Gasteiger charge is 2.27. The van der Waals surface area contributed by atoms with Crippen LogP contribution in [0.25, 0.3) is 20.8 Å². The Morgan fingerprint density at radius 2 is 1.61 bits per heavy atom. The molecular weight excluding hydrogens is 579 g/mol. The lowest BCUT2D eigenvalue weighted by atomic mass is 10.1. The zero-order valence-electron chi connectivity index (χ0n) is 22.6. The Bertz CT molecular complexity index is 1800. The van der Waals surface area contributed by atoms with Gasteiger partial charge in [0.2, 0.25) is 0 Å². The van der Waals surface area contributed by atoms with Crippen LogP contribution < -0.4 is 9.62 Å². The van der Waals surface area contributed by atoms with E-state index in [2.05, 4.69) is 5.32 Å². The summed E-state index contributed by atoms with van der Waals surface area (Å²) in [6, 6.07) is 22.4. The summed E-state index contributed by atoms with van der Waals surface area (Å²) in [4.78, 5) is 31.3. The second-order valence-electron chi connectivity index (χ2n) is 8.95. The van der Waals surface area contributed by atoms with Gasteiger partial charge in [-0.05, 0) is 74.9 Å². The molecule has 5 aromatic rings. The first-order chi connectivity index (χ1) is 19.7. The number of nitrogens with one attached hydrogen (secondary N) is 1. The maximum atomic E-state index is 13.4. The summed E-state index contributed by atoms with van der Waals surface area (Å²) in [6.07, 6.45) is 0. The summed E-state index contributed by atoms with van der Waals surface area (Å²) in [7, 11) is -3.83. The smallest absolute Gasteiger partial charge is 0.348 e. The van der Waals surface area contributed by atoms with E-state index in [1.165, 1.54) is 39.9 Å². The number of rotatable bonds is 9. The van der Waals surface area contributed by atoms with Crippen LogP contribution in [0, 0.1) is 6.92 Å². The van der Waals surface area contributed by atoms with Crippen molar-refractivity contribution < 1.29 is 22.7 Å². The van der Waals surface area contributed by atoms with Gasteiger partial charge in [-0.3, -0.25) is 9.10 Å². The van der Waals surface area contributed by atoms with Crippen LogP contribution in [0.1, 0.15) is 39.4 Å². The van der Waals surface area contributed by atoms with Crippen molar-refractivity contribution in [1.29, 1.82) is 0 Å². The van der Waals surface area contributed by atoms with Crippen molar-refractivity contribution in [2.75, 3.05) is 22.8 Å². The molecule has 3 aromatic carbocycles. The molecular formula is C30H27N3O5S3. The Labute approximate surface area is 246 Å². The van der Waals surface area contributed by atoms with Gasteiger partial charge in [-0.25, -0.2) is 18.2 Å². The third-order valence-electron chi connectivity index (χ3n) is 6.38. The number of carbonyl (C=O) groups excluding carboxylic acids is 2. The average molecular weight is 606 g/mol. The number of fused-ring (bicyclic) bond motifs is 1. The number of hydrogen-bond donors (Lipinski definition) is 1. The zero-order chi connectivity index (χ0) is 29.1. The van der Waals surface area contributed by atoms with Gasteiger partial charge < -0.3 is 10.1 Å². The number of thiophene rings is 1. The minimum absolute atomic E-state index is 0.0754. The van der Waals surface area contributed by atoms with E-state index in [0.717, 1.165) is 21.6 Å². The Morgan fingerprint density at radius 3 is 2.27 bits per heavy atom. The number of carbonyl (C=O) groups is 2. The van der Waals surface area contributed by atoms with Crippen LogP contribution in [0.5, 0.6) is 0 Å². The predicted molar refractivity (Wildman–Crippen MR) is 165 cm³/mol. The minimum atomic E-state index is -3.83. The van der Waals surface area contributed by atoms with Gasteiger partial charge >= 0.3 is 5.97 Å². The first kappa shape index (κ1) is 28.5. The first-order valence-corrected chi connectivity index (χ1v) is 16.0. The Balaban J connectivity index is 1.46. The number of para-hydroxylation sites is 2. The van der Waals surface area contributed by atoms with Crippen molar-refractivity contribution in [2.24, 2.45) is 0 Å². The molecule has 1 amide bonds. The predicted octanol–water partition coefficient (Wildman–Crippen LogP) is 6.98. The summed E-state index contributed by atoms with van der Waals surface area (Å²) < 4.78 is 34.2. The van der Waals surface area contributed by atoms with Crippen LogP contribution >= 0.6 is 22.7 Å². The highest BCUT2D eigenvalue weighted by molar-refractivity contribution is 7.92. The molecule has 0 fully saturated rings. The van der Waals surface area contributed by atoms with E-state index in [-0.39, 0.29) is 23.6 Å².